The fourth-order valence-electron chi connectivity index (χ4n) is 1.85. The molecular formula is C16H13N3O4. The molecule has 2 aromatic carbocycles. The smallest absolute Gasteiger partial charge is 0.270 e. The van der Waals surface area contributed by atoms with E-state index in [2.05, 4.69) is 5.32 Å². The second kappa shape index (κ2) is 6.99. The quantitative estimate of drug-likeness (QED) is 0.501. The first kappa shape index (κ1) is 15.9. The Labute approximate surface area is 131 Å². The second-order valence-corrected chi connectivity index (χ2v) is 4.62. The van der Waals surface area contributed by atoms with Crippen LogP contribution >= 0.6 is 0 Å². The summed E-state index contributed by atoms with van der Waals surface area (Å²) in [4.78, 5) is 33.1. The summed E-state index contributed by atoms with van der Waals surface area (Å²) in [5, 5.41) is 13.3. The number of rotatable bonds is 5. The van der Waals surface area contributed by atoms with Crippen molar-refractivity contribution < 1.29 is 14.5 Å². The first-order chi connectivity index (χ1) is 11.0. The Morgan fingerprint density at radius 2 is 1.87 bits per heavy atom. The number of benzene rings is 2. The zero-order valence-corrected chi connectivity index (χ0v) is 11.9. The number of non-ortho nitro benzene ring substituents is 1. The van der Waals surface area contributed by atoms with Gasteiger partial charge in [0.2, 0.25) is 11.8 Å². The van der Waals surface area contributed by atoms with Gasteiger partial charge in [-0.15, -0.1) is 0 Å². The van der Waals surface area contributed by atoms with Crippen molar-refractivity contribution in [1.82, 2.24) is 0 Å². The van der Waals surface area contributed by atoms with E-state index in [4.69, 9.17) is 5.73 Å². The number of nitrogens with zero attached hydrogens (tertiary/aromatic N) is 1. The lowest BCUT2D eigenvalue weighted by molar-refractivity contribution is -0.384. The predicted octanol–water partition coefficient (Wildman–Crippen LogP) is 2.35. The Bertz CT molecular complexity index is 799. The molecule has 0 heterocycles. The van der Waals surface area contributed by atoms with E-state index in [0.717, 1.165) is 0 Å². The molecule has 3 N–H and O–H groups in total. The molecule has 0 spiro atoms. The number of nitro benzene ring substituents is 1. The fraction of sp³-hybridized carbons (Fsp3) is 0. The van der Waals surface area contributed by atoms with Gasteiger partial charge in [-0.3, -0.25) is 19.7 Å². The highest BCUT2D eigenvalue weighted by molar-refractivity contribution is 6.03. The van der Waals surface area contributed by atoms with Crippen LogP contribution in [0, 0.1) is 10.1 Å². The largest absolute Gasteiger partial charge is 0.366 e. The zero-order chi connectivity index (χ0) is 16.8. The van der Waals surface area contributed by atoms with E-state index in [1.165, 1.54) is 42.5 Å². The molecule has 0 atom stereocenters. The first-order valence-electron chi connectivity index (χ1n) is 6.59. The maximum Gasteiger partial charge on any atom is 0.270 e. The van der Waals surface area contributed by atoms with Gasteiger partial charge in [-0.2, -0.15) is 0 Å². The number of nitro groups is 1. The van der Waals surface area contributed by atoms with Gasteiger partial charge in [0.05, 0.1) is 4.92 Å². The molecular weight excluding hydrogens is 298 g/mol. The molecule has 2 amide bonds. The number of nitrogens with two attached hydrogens (primary N) is 1. The molecule has 2 aromatic rings. The van der Waals surface area contributed by atoms with Gasteiger partial charge < -0.3 is 11.1 Å². The molecule has 0 aliphatic heterocycles. The van der Waals surface area contributed by atoms with Crippen LogP contribution < -0.4 is 11.1 Å². The van der Waals surface area contributed by atoms with Crippen LogP contribution in [0.3, 0.4) is 0 Å². The summed E-state index contributed by atoms with van der Waals surface area (Å²) in [6, 6.07) is 12.1. The van der Waals surface area contributed by atoms with Crippen molar-refractivity contribution in [3.63, 3.8) is 0 Å². The van der Waals surface area contributed by atoms with E-state index >= 15 is 0 Å². The number of nitrogens with one attached hydrogen (secondary N) is 1. The number of amides is 2. The van der Waals surface area contributed by atoms with Crippen molar-refractivity contribution in [2.45, 2.75) is 0 Å². The van der Waals surface area contributed by atoms with Crippen LogP contribution in [0.1, 0.15) is 15.9 Å². The van der Waals surface area contributed by atoms with E-state index in [-0.39, 0.29) is 11.3 Å². The zero-order valence-electron chi connectivity index (χ0n) is 11.9. The van der Waals surface area contributed by atoms with Crippen LogP contribution in [0.5, 0.6) is 0 Å². The summed E-state index contributed by atoms with van der Waals surface area (Å²) in [5.41, 5.74) is 6.35. The van der Waals surface area contributed by atoms with Gasteiger partial charge in [0.15, 0.2) is 0 Å². The topological polar surface area (TPSA) is 115 Å². The SMILES string of the molecule is NC(=O)c1cccc(NC(=O)C=Cc2cccc([N+](=O)[O-])c2)c1. The molecule has 0 aliphatic carbocycles. The molecule has 0 saturated carbocycles. The Kier molecular flexibility index (Phi) is 4.83. The lowest BCUT2D eigenvalue weighted by atomic mass is 10.2. The van der Waals surface area contributed by atoms with Gasteiger partial charge in [0.25, 0.3) is 5.69 Å². The molecule has 7 heteroatoms. The van der Waals surface area contributed by atoms with E-state index in [1.807, 2.05) is 0 Å². The summed E-state index contributed by atoms with van der Waals surface area (Å²) in [7, 11) is 0. The van der Waals surface area contributed by atoms with E-state index in [1.54, 1.807) is 18.2 Å². The minimum atomic E-state index is -0.590. The molecule has 0 bridgehead atoms. The summed E-state index contributed by atoms with van der Waals surface area (Å²) < 4.78 is 0. The highest BCUT2D eigenvalue weighted by Gasteiger charge is 2.05. The van der Waals surface area contributed by atoms with Crippen LogP contribution in [0.4, 0.5) is 11.4 Å². The van der Waals surface area contributed by atoms with Crippen LogP contribution in [0.2, 0.25) is 0 Å². The number of anilines is 1. The Morgan fingerprint density at radius 3 is 2.57 bits per heavy atom. The maximum atomic E-state index is 11.8. The van der Waals surface area contributed by atoms with Gasteiger partial charge >= 0.3 is 0 Å². The lowest BCUT2D eigenvalue weighted by Gasteiger charge is -2.03. The molecule has 0 fully saturated rings. The number of carbonyl (C=O) groups excluding carboxylic acids is 2. The number of primary amides is 1. The molecule has 116 valence electrons. The summed E-state index contributed by atoms with van der Waals surface area (Å²) in [5.74, 6) is -1.02. The Balaban J connectivity index is 2.07. The average molecular weight is 311 g/mol. The summed E-state index contributed by atoms with van der Waals surface area (Å²) in [6.45, 7) is 0. The van der Waals surface area contributed by atoms with E-state index in [0.29, 0.717) is 11.3 Å². The van der Waals surface area contributed by atoms with E-state index in [9.17, 15) is 19.7 Å². The molecule has 0 aromatic heterocycles. The molecule has 7 nitrogen and oxygen atoms in total. The van der Waals surface area contributed by atoms with Crippen LogP contribution in [0.25, 0.3) is 6.08 Å². The van der Waals surface area contributed by atoms with Crippen molar-refractivity contribution in [2.24, 2.45) is 5.73 Å². The maximum absolute atomic E-state index is 11.8. The van der Waals surface area contributed by atoms with Gasteiger partial charge in [0, 0.05) is 29.5 Å². The van der Waals surface area contributed by atoms with Crippen molar-refractivity contribution in [3.05, 3.63) is 75.8 Å². The standard InChI is InChI=1S/C16H13N3O4/c17-16(21)12-4-2-5-13(10-12)18-15(20)8-7-11-3-1-6-14(9-11)19(22)23/h1-10H,(H2,17,21)(H,18,20). The molecule has 0 unspecified atom stereocenters. The Hall–Kier alpha value is -3.48. The molecule has 0 aliphatic rings. The van der Waals surface area contributed by atoms with Crippen molar-refractivity contribution in [3.8, 4) is 0 Å². The Morgan fingerprint density at radius 1 is 1.13 bits per heavy atom. The fourth-order valence-corrected chi connectivity index (χ4v) is 1.85. The highest BCUT2D eigenvalue weighted by atomic mass is 16.6. The number of hydrogen-bond donors (Lipinski definition) is 2. The molecule has 0 saturated heterocycles. The van der Waals surface area contributed by atoms with Gasteiger partial charge in [0.1, 0.15) is 0 Å². The van der Waals surface area contributed by atoms with Gasteiger partial charge in [-0.05, 0) is 29.8 Å². The third-order valence-electron chi connectivity index (χ3n) is 2.92. The van der Waals surface area contributed by atoms with E-state index < -0.39 is 16.7 Å². The highest BCUT2D eigenvalue weighted by Crippen LogP contribution is 2.14. The third kappa shape index (κ3) is 4.50. The second-order valence-electron chi connectivity index (χ2n) is 4.62. The van der Waals surface area contributed by atoms with Crippen LogP contribution in [0.15, 0.2) is 54.6 Å². The van der Waals surface area contributed by atoms with Crippen molar-refractivity contribution in [2.75, 3.05) is 5.32 Å². The van der Waals surface area contributed by atoms with Crippen LogP contribution in [-0.2, 0) is 4.79 Å². The monoisotopic (exact) mass is 311 g/mol. The molecule has 2 rings (SSSR count). The number of carbonyl (C=O) groups is 2. The predicted molar refractivity (Wildman–Crippen MR) is 85.7 cm³/mol. The summed E-state index contributed by atoms with van der Waals surface area (Å²) >= 11 is 0. The average Bonchev–Trinajstić information content (AvgIpc) is 2.53. The lowest BCUT2D eigenvalue weighted by Crippen LogP contribution is -2.12. The van der Waals surface area contributed by atoms with Crippen LogP contribution in [-0.4, -0.2) is 16.7 Å². The van der Waals surface area contributed by atoms with Gasteiger partial charge in [-0.25, -0.2) is 0 Å². The molecule has 23 heavy (non-hydrogen) atoms. The minimum Gasteiger partial charge on any atom is -0.366 e. The number of hydrogen-bond acceptors (Lipinski definition) is 4. The van der Waals surface area contributed by atoms with Gasteiger partial charge in [-0.1, -0.05) is 18.2 Å². The van der Waals surface area contributed by atoms with Crippen molar-refractivity contribution in [1.29, 1.82) is 0 Å². The van der Waals surface area contributed by atoms with Crippen molar-refractivity contribution >= 4 is 29.3 Å². The summed E-state index contributed by atoms with van der Waals surface area (Å²) in [6.07, 6.45) is 2.70. The minimum absolute atomic E-state index is 0.0540. The normalized spacial score (nSPS) is 10.4. The third-order valence-corrected chi connectivity index (χ3v) is 2.92. The first-order valence-corrected chi connectivity index (χ1v) is 6.59. The molecule has 0 radical (unpaired) electrons.